The predicted molar refractivity (Wildman–Crippen MR) is 92.7 cm³/mol. The zero-order valence-electron chi connectivity index (χ0n) is 14.2. The molecule has 3 nitrogen and oxygen atoms in total. The van der Waals surface area contributed by atoms with Crippen LogP contribution in [0.15, 0.2) is 18.2 Å². The van der Waals surface area contributed by atoms with Crippen LogP contribution < -0.4 is 10.6 Å². The van der Waals surface area contributed by atoms with E-state index in [1.54, 1.807) is 12.1 Å². The lowest BCUT2D eigenvalue weighted by Gasteiger charge is -2.40. The molecule has 2 unspecified atom stereocenters. The van der Waals surface area contributed by atoms with Crippen LogP contribution in [0.1, 0.15) is 40.0 Å². The normalized spacial score (nSPS) is 19.2. The van der Waals surface area contributed by atoms with Gasteiger partial charge in [0.15, 0.2) is 0 Å². The molecule has 124 valence electrons. The van der Waals surface area contributed by atoms with Crippen molar-refractivity contribution in [1.82, 2.24) is 4.90 Å². The maximum Gasteiger partial charge on any atom is 0.148 e. The zero-order valence-corrected chi connectivity index (χ0v) is 14.2. The largest absolute Gasteiger partial charge is 0.399 e. The van der Waals surface area contributed by atoms with E-state index in [0.29, 0.717) is 17.4 Å². The summed E-state index contributed by atoms with van der Waals surface area (Å²) in [6.07, 6.45) is 3.71. The van der Waals surface area contributed by atoms with Crippen molar-refractivity contribution in [2.45, 2.75) is 46.1 Å². The molecule has 2 rings (SSSR count). The van der Waals surface area contributed by atoms with Crippen LogP contribution in [0.4, 0.5) is 15.8 Å². The Hall–Kier alpha value is -1.29. The first-order chi connectivity index (χ1) is 10.5. The third-order valence-corrected chi connectivity index (χ3v) is 4.99. The average Bonchev–Trinajstić information content (AvgIpc) is 2.52. The van der Waals surface area contributed by atoms with Gasteiger partial charge in [-0.2, -0.15) is 0 Å². The summed E-state index contributed by atoms with van der Waals surface area (Å²) in [6, 6.07) is 5.66. The topological polar surface area (TPSA) is 32.5 Å². The summed E-state index contributed by atoms with van der Waals surface area (Å²) in [7, 11) is 0. The lowest BCUT2D eigenvalue weighted by atomic mass is 9.96. The van der Waals surface area contributed by atoms with Crippen LogP contribution in [0.5, 0.6) is 0 Å². The molecular formula is C18H30FN3. The Balaban J connectivity index is 1.94. The lowest BCUT2D eigenvalue weighted by molar-refractivity contribution is 0.155. The number of anilines is 2. The van der Waals surface area contributed by atoms with Crippen molar-refractivity contribution in [2.75, 3.05) is 36.8 Å². The first-order valence-corrected chi connectivity index (χ1v) is 8.59. The minimum absolute atomic E-state index is 0.208. The van der Waals surface area contributed by atoms with Crippen molar-refractivity contribution in [3.8, 4) is 0 Å². The van der Waals surface area contributed by atoms with Gasteiger partial charge in [0.25, 0.3) is 0 Å². The first kappa shape index (κ1) is 17.1. The van der Waals surface area contributed by atoms with Crippen LogP contribution >= 0.6 is 0 Å². The number of hydrogen-bond donors (Lipinski definition) is 1. The highest BCUT2D eigenvalue weighted by Crippen LogP contribution is 2.25. The van der Waals surface area contributed by atoms with E-state index in [1.807, 2.05) is 0 Å². The summed E-state index contributed by atoms with van der Waals surface area (Å²) in [4.78, 5) is 4.72. The number of nitrogens with two attached hydrogens (primary N) is 1. The number of halogens is 1. The van der Waals surface area contributed by atoms with E-state index in [1.165, 1.54) is 25.3 Å². The molecule has 0 bridgehead atoms. The SMILES string of the molecule is CCC(C)CC(CC)N1CCN(c2ccc(N)cc2F)CC1. The molecule has 0 saturated carbocycles. The number of nitrogens with zero attached hydrogens (tertiary/aromatic N) is 2. The van der Waals surface area contributed by atoms with Crippen molar-refractivity contribution < 1.29 is 4.39 Å². The Morgan fingerprint density at radius 3 is 2.36 bits per heavy atom. The number of benzene rings is 1. The molecule has 4 heteroatoms. The van der Waals surface area contributed by atoms with Gasteiger partial charge in [-0.25, -0.2) is 4.39 Å². The van der Waals surface area contributed by atoms with Gasteiger partial charge >= 0.3 is 0 Å². The van der Waals surface area contributed by atoms with Crippen LogP contribution in [-0.2, 0) is 0 Å². The Labute approximate surface area is 134 Å². The molecule has 1 aliphatic heterocycles. The maximum absolute atomic E-state index is 14.0. The molecule has 1 aromatic rings. The van der Waals surface area contributed by atoms with Gasteiger partial charge in [-0.3, -0.25) is 4.90 Å². The Kier molecular flexibility index (Phi) is 6.07. The molecule has 1 saturated heterocycles. The van der Waals surface area contributed by atoms with E-state index in [0.717, 1.165) is 32.1 Å². The Morgan fingerprint density at radius 1 is 1.14 bits per heavy atom. The van der Waals surface area contributed by atoms with E-state index in [2.05, 4.69) is 30.6 Å². The lowest BCUT2D eigenvalue weighted by Crippen LogP contribution is -2.50. The molecule has 0 spiro atoms. The van der Waals surface area contributed by atoms with Gasteiger partial charge < -0.3 is 10.6 Å². The molecule has 2 atom stereocenters. The fourth-order valence-electron chi connectivity index (χ4n) is 3.31. The molecule has 2 N–H and O–H groups in total. The molecule has 0 radical (unpaired) electrons. The molecule has 1 aromatic carbocycles. The smallest absolute Gasteiger partial charge is 0.148 e. The summed E-state index contributed by atoms with van der Waals surface area (Å²) < 4.78 is 14.0. The van der Waals surface area contributed by atoms with Crippen LogP contribution in [0.25, 0.3) is 0 Å². The molecule has 1 aliphatic rings. The monoisotopic (exact) mass is 307 g/mol. The van der Waals surface area contributed by atoms with Gasteiger partial charge in [0.1, 0.15) is 5.82 Å². The average molecular weight is 307 g/mol. The maximum atomic E-state index is 14.0. The van der Waals surface area contributed by atoms with Gasteiger partial charge in [-0.15, -0.1) is 0 Å². The Bertz CT molecular complexity index is 469. The zero-order chi connectivity index (χ0) is 16.1. The van der Waals surface area contributed by atoms with Gasteiger partial charge in [-0.1, -0.05) is 27.2 Å². The molecule has 1 fully saturated rings. The molecule has 0 aliphatic carbocycles. The molecule has 1 heterocycles. The van der Waals surface area contributed by atoms with E-state index in [-0.39, 0.29) is 5.82 Å². The second kappa shape index (κ2) is 7.82. The summed E-state index contributed by atoms with van der Waals surface area (Å²) >= 11 is 0. The first-order valence-electron chi connectivity index (χ1n) is 8.59. The van der Waals surface area contributed by atoms with Crippen LogP contribution in [0.2, 0.25) is 0 Å². The van der Waals surface area contributed by atoms with E-state index in [4.69, 9.17) is 5.73 Å². The summed E-state index contributed by atoms with van der Waals surface area (Å²) in [5.74, 6) is 0.567. The summed E-state index contributed by atoms with van der Waals surface area (Å²) in [5, 5.41) is 0. The van der Waals surface area contributed by atoms with Gasteiger partial charge in [-0.05, 0) is 37.0 Å². The van der Waals surface area contributed by atoms with Crippen molar-refractivity contribution in [1.29, 1.82) is 0 Å². The minimum atomic E-state index is -0.208. The molecule has 0 aromatic heterocycles. The third-order valence-electron chi connectivity index (χ3n) is 4.99. The second-order valence-corrected chi connectivity index (χ2v) is 6.55. The highest BCUT2D eigenvalue weighted by atomic mass is 19.1. The quantitative estimate of drug-likeness (QED) is 0.813. The van der Waals surface area contributed by atoms with Crippen LogP contribution in [-0.4, -0.2) is 37.1 Å². The van der Waals surface area contributed by atoms with Gasteiger partial charge in [0, 0.05) is 37.9 Å². The fourth-order valence-corrected chi connectivity index (χ4v) is 3.31. The van der Waals surface area contributed by atoms with E-state index >= 15 is 0 Å². The van der Waals surface area contributed by atoms with Crippen LogP contribution in [0, 0.1) is 11.7 Å². The number of piperazine rings is 1. The van der Waals surface area contributed by atoms with Crippen LogP contribution in [0.3, 0.4) is 0 Å². The van der Waals surface area contributed by atoms with E-state index in [9.17, 15) is 4.39 Å². The van der Waals surface area contributed by atoms with Crippen molar-refractivity contribution in [3.63, 3.8) is 0 Å². The second-order valence-electron chi connectivity index (χ2n) is 6.55. The minimum Gasteiger partial charge on any atom is -0.399 e. The number of nitrogen functional groups attached to an aromatic ring is 1. The fraction of sp³-hybridized carbons (Fsp3) is 0.667. The summed E-state index contributed by atoms with van der Waals surface area (Å²) in [6.45, 7) is 10.7. The molecule has 22 heavy (non-hydrogen) atoms. The number of hydrogen-bond acceptors (Lipinski definition) is 3. The van der Waals surface area contributed by atoms with Gasteiger partial charge in [0.2, 0.25) is 0 Å². The van der Waals surface area contributed by atoms with Crippen molar-refractivity contribution in [3.05, 3.63) is 24.0 Å². The molecular weight excluding hydrogens is 277 g/mol. The summed E-state index contributed by atoms with van der Waals surface area (Å²) in [5.41, 5.74) is 6.80. The third kappa shape index (κ3) is 4.13. The highest BCUT2D eigenvalue weighted by molar-refractivity contribution is 5.54. The van der Waals surface area contributed by atoms with Crippen molar-refractivity contribution in [2.24, 2.45) is 5.92 Å². The van der Waals surface area contributed by atoms with E-state index < -0.39 is 0 Å². The Morgan fingerprint density at radius 2 is 1.82 bits per heavy atom. The number of rotatable bonds is 6. The highest BCUT2D eigenvalue weighted by Gasteiger charge is 2.24. The molecule has 0 amide bonds. The standard InChI is InChI=1S/C18H30FN3/c1-4-14(3)12-16(5-2)21-8-10-22(11-9-21)18-7-6-15(20)13-17(18)19/h6-7,13-14,16H,4-5,8-12,20H2,1-3H3. The van der Waals surface area contributed by atoms with Gasteiger partial charge in [0.05, 0.1) is 5.69 Å². The predicted octanol–water partition coefficient (Wildman–Crippen LogP) is 3.74. The van der Waals surface area contributed by atoms with Crippen molar-refractivity contribution >= 4 is 11.4 Å².